The summed E-state index contributed by atoms with van der Waals surface area (Å²) in [5.74, 6) is -1.70. The van der Waals surface area contributed by atoms with Gasteiger partial charge in [-0.05, 0) is 72.6 Å². The zero-order valence-electron chi connectivity index (χ0n) is 18.1. The maximum absolute atomic E-state index is 14.5. The van der Waals surface area contributed by atoms with Crippen LogP contribution in [0.5, 0.6) is 0 Å². The first kappa shape index (κ1) is 23.4. The van der Waals surface area contributed by atoms with E-state index in [9.17, 15) is 26.4 Å². The van der Waals surface area contributed by atoms with Crippen molar-refractivity contribution in [2.24, 2.45) is 5.92 Å². The van der Waals surface area contributed by atoms with E-state index < -0.39 is 21.5 Å². The third kappa shape index (κ3) is 5.40. The van der Waals surface area contributed by atoms with E-state index in [2.05, 4.69) is 10.3 Å². The van der Waals surface area contributed by atoms with Gasteiger partial charge in [0.25, 0.3) is 0 Å². The average Bonchev–Trinajstić information content (AvgIpc) is 3.06. The molecule has 2 aromatic carbocycles. The van der Waals surface area contributed by atoms with Gasteiger partial charge in [-0.1, -0.05) is 0 Å². The Balaban J connectivity index is 1.47. The van der Waals surface area contributed by atoms with E-state index in [0.717, 1.165) is 30.7 Å². The molecule has 2 N–H and O–H groups in total. The second-order valence-electron chi connectivity index (χ2n) is 8.80. The molecule has 176 valence electrons. The summed E-state index contributed by atoms with van der Waals surface area (Å²) in [5, 5.41) is 3.31. The maximum atomic E-state index is 14.5. The molecule has 0 atom stereocenters. The lowest BCUT2D eigenvalue weighted by atomic mass is 9.70. The van der Waals surface area contributed by atoms with Crippen molar-refractivity contribution >= 4 is 26.6 Å². The van der Waals surface area contributed by atoms with Gasteiger partial charge in [-0.2, -0.15) is 0 Å². The lowest BCUT2D eigenvalue weighted by Gasteiger charge is -2.36. The van der Waals surface area contributed by atoms with Gasteiger partial charge in [-0.25, -0.2) is 21.6 Å². The normalized spacial score (nSPS) is 18.3. The predicted molar refractivity (Wildman–Crippen MR) is 121 cm³/mol. The zero-order valence-corrected chi connectivity index (χ0v) is 18.9. The maximum Gasteiger partial charge on any atom is 0.220 e. The molecule has 33 heavy (non-hydrogen) atoms. The van der Waals surface area contributed by atoms with Crippen molar-refractivity contribution in [3.8, 4) is 11.3 Å². The predicted octanol–water partition coefficient (Wildman–Crippen LogP) is 4.69. The van der Waals surface area contributed by atoms with Crippen LogP contribution in [0, 0.1) is 23.4 Å². The summed E-state index contributed by atoms with van der Waals surface area (Å²) in [5.41, 5.74) is 2.34. The zero-order chi connectivity index (χ0) is 23.8. The van der Waals surface area contributed by atoms with Gasteiger partial charge in [0.05, 0.1) is 17.0 Å². The summed E-state index contributed by atoms with van der Waals surface area (Å²) in [7, 11) is -3.09. The number of H-pyrrole nitrogens is 1. The average molecular weight is 479 g/mol. The molecule has 4 rings (SSSR count). The molecule has 1 fully saturated rings. The number of rotatable bonds is 8. The fourth-order valence-electron chi connectivity index (χ4n) is 4.49. The molecule has 1 heterocycles. The Hall–Kier alpha value is -2.81. The number of benzene rings is 2. The molecule has 1 aliphatic rings. The number of amides is 1. The smallest absolute Gasteiger partial charge is 0.220 e. The van der Waals surface area contributed by atoms with Crippen LogP contribution in [0.2, 0.25) is 0 Å². The molecule has 9 heteroatoms. The van der Waals surface area contributed by atoms with Crippen LogP contribution in [-0.2, 0) is 14.6 Å². The van der Waals surface area contributed by atoms with Crippen LogP contribution >= 0.6 is 0 Å². The Kier molecular flexibility index (Phi) is 6.52. The molecule has 1 saturated carbocycles. The van der Waals surface area contributed by atoms with Gasteiger partial charge in [0.1, 0.15) is 27.3 Å². The highest BCUT2D eigenvalue weighted by atomic mass is 32.2. The van der Waals surface area contributed by atoms with Crippen LogP contribution in [-0.4, -0.2) is 37.9 Å². The van der Waals surface area contributed by atoms with Crippen molar-refractivity contribution in [2.45, 2.75) is 31.6 Å². The van der Waals surface area contributed by atoms with Gasteiger partial charge >= 0.3 is 0 Å². The molecule has 1 aliphatic carbocycles. The highest BCUT2D eigenvalue weighted by molar-refractivity contribution is 7.90. The molecular weight excluding hydrogens is 453 g/mol. The highest BCUT2D eigenvalue weighted by Gasteiger charge is 2.34. The van der Waals surface area contributed by atoms with Crippen LogP contribution in [0.3, 0.4) is 0 Å². The van der Waals surface area contributed by atoms with Crippen LogP contribution in [0.4, 0.5) is 13.2 Å². The van der Waals surface area contributed by atoms with Crippen LogP contribution in [0.15, 0.2) is 36.4 Å². The van der Waals surface area contributed by atoms with Crippen molar-refractivity contribution in [2.75, 3.05) is 18.6 Å². The molecule has 0 spiro atoms. The third-order valence-corrected chi connectivity index (χ3v) is 7.18. The van der Waals surface area contributed by atoms with Gasteiger partial charge in [0.15, 0.2) is 0 Å². The van der Waals surface area contributed by atoms with Crippen LogP contribution < -0.4 is 5.32 Å². The van der Waals surface area contributed by atoms with Crippen LogP contribution in [0.1, 0.15) is 37.2 Å². The van der Waals surface area contributed by atoms with Crippen molar-refractivity contribution in [1.82, 2.24) is 10.3 Å². The van der Waals surface area contributed by atoms with E-state index in [-0.39, 0.29) is 47.7 Å². The van der Waals surface area contributed by atoms with E-state index in [4.69, 9.17) is 0 Å². The van der Waals surface area contributed by atoms with E-state index in [0.29, 0.717) is 23.2 Å². The van der Waals surface area contributed by atoms with Gasteiger partial charge in [-0.15, -0.1) is 0 Å². The van der Waals surface area contributed by atoms with Gasteiger partial charge < -0.3 is 10.3 Å². The van der Waals surface area contributed by atoms with Crippen molar-refractivity contribution in [3.05, 3.63) is 59.4 Å². The quantitative estimate of drug-likeness (QED) is 0.493. The number of sulfone groups is 1. The Morgan fingerprint density at radius 2 is 1.79 bits per heavy atom. The molecule has 1 amide bonds. The van der Waals surface area contributed by atoms with E-state index in [1.807, 2.05) is 0 Å². The number of carbonyl (C=O) groups excluding carboxylic acids is 1. The number of hydrogen-bond donors (Lipinski definition) is 2. The summed E-state index contributed by atoms with van der Waals surface area (Å²) in [6.45, 7) is 0.463. The van der Waals surface area contributed by atoms with Crippen molar-refractivity contribution in [3.63, 3.8) is 0 Å². The first-order chi connectivity index (χ1) is 15.6. The summed E-state index contributed by atoms with van der Waals surface area (Å²) in [6, 6.07) is 8.00. The highest BCUT2D eigenvalue weighted by Crippen LogP contribution is 2.48. The third-order valence-electron chi connectivity index (χ3n) is 6.15. The number of nitrogens with one attached hydrogen (secondary N) is 2. The Morgan fingerprint density at radius 1 is 1.09 bits per heavy atom. The lowest BCUT2D eigenvalue weighted by Crippen LogP contribution is -2.35. The minimum absolute atomic E-state index is 0.0221. The SMILES string of the molecule is CS(=O)(=O)CCCC(=O)NCC1CC(c2c(-c3ccc(F)cc3)[nH]c3c(F)cc(F)cc23)C1. The molecular formula is C24H25F3N2O3S. The van der Waals surface area contributed by atoms with Gasteiger partial charge in [0, 0.05) is 30.7 Å². The Morgan fingerprint density at radius 3 is 2.45 bits per heavy atom. The molecule has 0 bridgehead atoms. The standard InChI is InChI=1S/C24H25F3N2O3S/c1-33(31,32)8-2-3-21(30)28-13-14-9-16(10-14)22-19-11-18(26)12-20(27)24(19)29-23(22)15-4-6-17(25)7-5-15/h4-7,11-12,14,16,29H,2-3,8-10,13H2,1H3,(H,28,30). The van der Waals surface area contributed by atoms with Crippen molar-refractivity contribution in [1.29, 1.82) is 0 Å². The minimum Gasteiger partial charge on any atom is -0.356 e. The molecule has 3 aromatic rings. The van der Waals surface area contributed by atoms with Crippen molar-refractivity contribution < 1.29 is 26.4 Å². The first-order valence-corrected chi connectivity index (χ1v) is 12.9. The minimum atomic E-state index is -3.09. The molecule has 0 aliphatic heterocycles. The number of aromatic amines is 1. The largest absolute Gasteiger partial charge is 0.356 e. The first-order valence-electron chi connectivity index (χ1n) is 10.8. The lowest BCUT2D eigenvalue weighted by molar-refractivity contribution is -0.121. The van der Waals surface area contributed by atoms with E-state index >= 15 is 0 Å². The molecule has 5 nitrogen and oxygen atoms in total. The van der Waals surface area contributed by atoms with E-state index in [1.54, 1.807) is 12.1 Å². The summed E-state index contributed by atoms with van der Waals surface area (Å²) < 4.78 is 64.2. The summed E-state index contributed by atoms with van der Waals surface area (Å²) in [4.78, 5) is 15.0. The van der Waals surface area contributed by atoms with Gasteiger partial charge in [-0.3, -0.25) is 4.79 Å². The number of halogens is 3. The second kappa shape index (κ2) is 9.21. The number of fused-ring (bicyclic) bond motifs is 1. The Bertz CT molecular complexity index is 1280. The molecule has 0 saturated heterocycles. The fourth-order valence-corrected chi connectivity index (χ4v) is 5.16. The summed E-state index contributed by atoms with van der Waals surface area (Å²) >= 11 is 0. The van der Waals surface area contributed by atoms with Gasteiger partial charge in [0.2, 0.25) is 5.91 Å². The molecule has 1 aromatic heterocycles. The molecule has 0 radical (unpaired) electrons. The number of aromatic nitrogens is 1. The molecule has 0 unspecified atom stereocenters. The van der Waals surface area contributed by atoms with E-state index in [1.165, 1.54) is 18.2 Å². The number of carbonyl (C=O) groups is 1. The van der Waals surface area contributed by atoms with Crippen LogP contribution in [0.25, 0.3) is 22.2 Å². The number of hydrogen-bond acceptors (Lipinski definition) is 3. The fraction of sp³-hybridized carbons (Fsp3) is 0.375. The second-order valence-corrected chi connectivity index (χ2v) is 11.1. The monoisotopic (exact) mass is 478 g/mol. The summed E-state index contributed by atoms with van der Waals surface area (Å²) in [6.07, 6.45) is 3.03. The Labute approximate surface area is 190 Å². The topological polar surface area (TPSA) is 79.0 Å².